The summed E-state index contributed by atoms with van der Waals surface area (Å²) in [5, 5.41) is 0. The Morgan fingerprint density at radius 2 is 1.72 bits per heavy atom. The van der Waals surface area contributed by atoms with Crippen LogP contribution in [0.1, 0.15) is 67.2 Å². The molecule has 1 N–H and O–H groups in total. The predicted molar refractivity (Wildman–Crippen MR) is 94.3 cm³/mol. The zero-order chi connectivity index (χ0) is 19.8. The van der Waals surface area contributed by atoms with Gasteiger partial charge in [-0.2, -0.15) is 13.2 Å². The van der Waals surface area contributed by atoms with Crippen molar-refractivity contribution in [3.05, 3.63) is 0 Å². The number of halogens is 3. The van der Waals surface area contributed by atoms with E-state index >= 15 is 0 Å². The molecule has 0 unspecified atom stereocenters. The third kappa shape index (κ3) is 9.58. The zero-order valence-corrected chi connectivity index (χ0v) is 16.9. The van der Waals surface area contributed by atoms with Gasteiger partial charge in [0.1, 0.15) is 6.04 Å². The van der Waals surface area contributed by atoms with Crippen molar-refractivity contribution in [2.75, 3.05) is 6.61 Å². The summed E-state index contributed by atoms with van der Waals surface area (Å²) in [6.45, 7) is 10.5. The average Bonchev–Trinajstić information content (AvgIpc) is 2.43. The van der Waals surface area contributed by atoms with Crippen LogP contribution in [0.5, 0.6) is 0 Å². The lowest BCUT2D eigenvalue weighted by Gasteiger charge is -2.31. The normalized spacial score (nSPS) is 16.6. The smallest absolute Gasteiger partial charge is 0.405 e. The zero-order valence-electron chi connectivity index (χ0n) is 16.0. The highest BCUT2D eigenvalue weighted by Gasteiger charge is 2.49. The Hall–Kier alpha value is -0.630. The fourth-order valence-electron chi connectivity index (χ4n) is 2.03. The molecule has 8 heteroatoms. The Balaban J connectivity index is 5.43. The first-order chi connectivity index (χ1) is 11.3. The number of ether oxygens (including phenoxy) is 1. The van der Waals surface area contributed by atoms with Gasteiger partial charge in [-0.1, -0.05) is 33.6 Å². The Morgan fingerprint density at radius 3 is 2.12 bits per heavy atom. The van der Waals surface area contributed by atoms with Gasteiger partial charge >= 0.3 is 12.1 Å². The largest absolute Gasteiger partial charge is 0.465 e. The molecule has 0 saturated heterocycles. The lowest BCUT2D eigenvalue weighted by molar-refractivity contribution is -0.179. The number of carbonyl (C=O) groups excluding carboxylic acids is 1. The summed E-state index contributed by atoms with van der Waals surface area (Å²) >= 11 is 0. The van der Waals surface area contributed by atoms with E-state index in [0.717, 1.165) is 6.42 Å². The van der Waals surface area contributed by atoms with Crippen molar-refractivity contribution in [2.24, 2.45) is 11.8 Å². The van der Waals surface area contributed by atoms with Gasteiger partial charge in [-0.15, -0.1) is 0 Å². The highest BCUT2D eigenvalue weighted by atomic mass is 32.2. The highest BCUT2D eigenvalue weighted by Crippen LogP contribution is 2.31. The number of hydrogen-bond donors (Lipinski definition) is 1. The predicted octanol–water partition coefficient (Wildman–Crippen LogP) is 4.36. The second kappa shape index (κ2) is 10.5. The van der Waals surface area contributed by atoms with Crippen molar-refractivity contribution >= 4 is 17.0 Å². The van der Waals surface area contributed by atoms with E-state index in [1.807, 2.05) is 20.8 Å². The molecule has 0 amide bonds. The number of esters is 1. The monoisotopic (exact) mass is 387 g/mol. The third-order valence-electron chi connectivity index (χ3n) is 3.65. The molecule has 0 bridgehead atoms. The molecule has 0 saturated carbocycles. The van der Waals surface area contributed by atoms with Gasteiger partial charge in [0.15, 0.2) is 0 Å². The number of nitrogens with one attached hydrogen (secondary N) is 1. The summed E-state index contributed by atoms with van der Waals surface area (Å²) in [6.07, 6.45) is -2.85. The minimum atomic E-state index is -4.70. The van der Waals surface area contributed by atoms with E-state index in [-0.39, 0.29) is 18.9 Å². The molecule has 4 nitrogen and oxygen atoms in total. The molecule has 3 atom stereocenters. The van der Waals surface area contributed by atoms with E-state index < -0.39 is 39.8 Å². The van der Waals surface area contributed by atoms with Gasteiger partial charge in [0.25, 0.3) is 0 Å². The van der Waals surface area contributed by atoms with Gasteiger partial charge < -0.3 is 4.74 Å². The maximum absolute atomic E-state index is 13.6. The number of carbonyl (C=O) groups is 1. The van der Waals surface area contributed by atoms with Crippen molar-refractivity contribution in [3.63, 3.8) is 0 Å². The van der Waals surface area contributed by atoms with Crippen LogP contribution in [0.25, 0.3) is 0 Å². The van der Waals surface area contributed by atoms with Crippen LogP contribution >= 0.6 is 0 Å². The molecular formula is C17H32F3NO3S. The van der Waals surface area contributed by atoms with E-state index in [1.165, 1.54) is 0 Å². The standard InChI is InChI=1S/C17H32F3NO3S/c1-7-8-11-24-15(22)13(10-9-12(2)3)14(17(18,19)20)21-25(23)16(4,5)6/h12-14,21H,7-11H2,1-6H3/t13-,14-,25-/m0/s1. The highest BCUT2D eigenvalue weighted by molar-refractivity contribution is 7.84. The summed E-state index contributed by atoms with van der Waals surface area (Å²) in [7, 11) is -1.95. The fraction of sp³-hybridized carbons (Fsp3) is 0.941. The Morgan fingerprint density at radius 1 is 1.16 bits per heavy atom. The lowest BCUT2D eigenvalue weighted by atomic mass is 9.91. The van der Waals surface area contributed by atoms with E-state index in [1.54, 1.807) is 20.8 Å². The van der Waals surface area contributed by atoms with E-state index in [4.69, 9.17) is 4.74 Å². The first-order valence-corrected chi connectivity index (χ1v) is 9.87. The van der Waals surface area contributed by atoms with Crippen LogP contribution in [0.2, 0.25) is 0 Å². The Labute approximate surface area is 151 Å². The minimum Gasteiger partial charge on any atom is -0.465 e. The summed E-state index contributed by atoms with van der Waals surface area (Å²) in [4.78, 5) is 12.3. The molecule has 0 radical (unpaired) electrons. The number of rotatable bonds is 10. The molecule has 150 valence electrons. The topological polar surface area (TPSA) is 55.4 Å². The molecule has 25 heavy (non-hydrogen) atoms. The molecule has 0 aliphatic carbocycles. The van der Waals surface area contributed by atoms with Crippen LogP contribution in [-0.4, -0.2) is 33.8 Å². The SMILES string of the molecule is CCCCOC(=O)[C@@H](CCC(C)C)[C@H](N[S@@](=O)C(C)(C)C)C(F)(F)F. The fourth-order valence-corrected chi connectivity index (χ4v) is 2.91. The van der Waals surface area contributed by atoms with Crippen LogP contribution in [-0.2, 0) is 20.5 Å². The van der Waals surface area contributed by atoms with Gasteiger partial charge in [0.05, 0.1) is 28.3 Å². The van der Waals surface area contributed by atoms with Crippen LogP contribution in [0.4, 0.5) is 13.2 Å². The van der Waals surface area contributed by atoms with Crippen molar-refractivity contribution < 1.29 is 26.9 Å². The van der Waals surface area contributed by atoms with Crippen molar-refractivity contribution in [1.82, 2.24) is 4.72 Å². The van der Waals surface area contributed by atoms with Gasteiger partial charge in [-0.3, -0.25) is 4.79 Å². The van der Waals surface area contributed by atoms with Crippen molar-refractivity contribution in [3.8, 4) is 0 Å². The molecule has 0 aromatic heterocycles. The maximum atomic E-state index is 13.6. The molecule has 0 aromatic carbocycles. The number of alkyl halides is 3. The Kier molecular flexibility index (Phi) is 10.2. The summed E-state index contributed by atoms with van der Waals surface area (Å²) < 4.78 is 59.3. The average molecular weight is 388 g/mol. The minimum absolute atomic E-state index is 0.0289. The molecule has 0 aliphatic rings. The van der Waals surface area contributed by atoms with Crippen LogP contribution < -0.4 is 4.72 Å². The summed E-state index contributed by atoms with van der Waals surface area (Å²) in [5.74, 6) is -2.15. The van der Waals surface area contributed by atoms with Crippen LogP contribution in [0.3, 0.4) is 0 Å². The number of hydrogen-bond acceptors (Lipinski definition) is 3. The quantitative estimate of drug-likeness (QED) is 0.447. The van der Waals surface area contributed by atoms with Crippen molar-refractivity contribution in [1.29, 1.82) is 0 Å². The lowest BCUT2D eigenvalue weighted by Crippen LogP contribution is -2.53. The first-order valence-electron chi connectivity index (χ1n) is 8.72. The maximum Gasteiger partial charge on any atom is 0.405 e. The van der Waals surface area contributed by atoms with Gasteiger partial charge in [-0.25, -0.2) is 8.93 Å². The van der Waals surface area contributed by atoms with E-state index in [9.17, 15) is 22.2 Å². The third-order valence-corrected chi connectivity index (χ3v) is 5.23. The molecule has 0 heterocycles. The number of unbranched alkanes of at least 4 members (excludes halogenated alkanes) is 1. The van der Waals surface area contributed by atoms with E-state index in [2.05, 4.69) is 4.72 Å². The second-order valence-electron chi connectivity index (χ2n) is 7.62. The van der Waals surface area contributed by atoms with Crippen LogP contribution in [0, 0.1) is 11.8 Å². The molecule has 0 aliphatic heterocycles. The van der Waals surface area contributed by atoms with Gasteiger partial charge in [0, 0.05) is 0 Å². The summed E-state index contributed by atoms with van der Waals surface area (Å²) in [5.41, 5.74) is 0. The van der Waals surface area contributed by atoms with Gasteiger partial charge in [0.2, 0.25) is 0 Å². The molecule has 0 rings (SSSR count). The second-order valence-corrected chi connectivity index (χ2v) is 9.61. The van der Waals surface area contributed by atoms with E-state index in [0.29, 0.717) is 12.8 Å². The van der Waals surface area contributed by atoms with Gasteiger partial charge in [-0.05, 0) is 39.5 Å². The Bertz CT molecular complexity index is 434. The molecular weight excluding hydrogens is 355 g/mol. The first kappa shape index (κ1) is 24.4. The molecule has 0 fully saturated rings. The molecule has 0 aromatic rings. The van der Waals surface area contributed by atoms with Crippen molar-refractivity contribution in [2.45, 2.75) is 84.2 Å². The van der Waals surface area contributed by atoms with Crippen LogP contribution in [0.15, 0.2) is 0 Å². The summed E-state index contributed by atoms with van der Waals surface area (Å²) in [6, 6.07) is -2.19. The molecule has 0 spiro atoms.